The van der Waals surface area contributed by atoms with Crippen molar-refractivity contribution < 1.29 is 9.47 Å². The Morgan fingerprint density at radius 2 is 1.74 bits per heavy atom. The van der Waals surface area contributed by atoms with Gasteiger partial charge in [-0.05, 0) is 48.9 Å². The number of rotatable bonds is 7. The standard InChI is InChI=1S/C18H17Cl2NO2/c1-3-9-23-18-16(19)10-13(11-17(18)20)12-21-14-5-7-15(8-6-14)22-4-2/h1,5-8,10-11,21H,4,9,12H2,2H3. The molecular weight excluding hydrogens is 333 g/mol. The summed E-state index contributed by atoms with van der Waals surface area (Å²) in [6.45, 7) is 3.32. The van der Waals surface area contributed by atoms with Crippen molar-refractivity contribution in [2.45, 2.75) is 13.5 Å². The van der Waals surface area contributed by atoms with Gasteiger partial charge >= 0.3 is 0 Å². The Bertz CT molecular complexity index is 670. The number of benzene rings is 2. The van der Waals surface area contributed by atoms with Crippen LogP contribution in [0.2, 0.25) is 10.0 Å². The predicted octanol–water partition coefficient (Wildman–Crippen LogP) is 5.02. The topological polar surface area (TPSA) is 30.5 Å². The van der Waals surface area contributed by atoms with Crippen molar-refractivity contribution in [3.05, 3.63) is 52.0 Å². The molecule has 0 aliphatic heterocycles. The van der Waals surface area contributed by atoms with E-state index in [2.05, 4.69) is 11.2 Å². The van der Waals surface area contributed by atoms with Gasteiger partial charge in [0, 0.05) is 12.2 Å². The van der Waals surface area contributed by atoms with Gasteiger partial charge in [-0.3, -0.25) is 0 Å². The molecule has 0 unspecified atom stereocenters. The SMILES string of the molecule is C#CCOc1c(Cl)cc(CNc2ccc(OCC)cc2)cc1Cl. The van der Waals surface area contributed by atoms with Gasteiger partial charge in [0.1, 0.15) is 12.4 Å². The third kappa shape index (κ3) is 4.99. The highest BCUT2D eigenvalue weighted by Crippen LogP contribution is 2.34. The van der Waals surface area contributed by atoms with E-state index in [1.54, 1.807) is 12.1 Å². The third-order valence-corrected chi connectivity index (χ3v) is 3.58. The molecule has 0 heterocycles. The first-order chi connectivity index (χ1) is 11.1. The fourth-order valence-corrected chi connectivity index (χ4v) is 2.65. The lowest BCUT2D eigenvalue weighted by molar-refractivity contribution is 0.340. The van der Waals surface area contributed by atoms with Crippen molar-refractivity contribution in [2.24, 2.45) is 0 Å². The normalized spacial score (nSPS) is 10.0. The lowest BCUT2D eigenvalue weighted by Crippen LogP contribution is -2.01. The first-order valence-electron chi connectivity index (χ1n) is 7.15. The number of halogens is 2. The maximum Gasteiger partial charge on any atom is 0.157 e. The molecule has 0 aliphatic rings. The molecule has 3 nitrogen and oxygen atoms in total. The fraction of sp³-hybridized carbons (Fsp3) is 0.222. The highest BCUT2D eigenvalue weighted by atomic mass is 35.5. The van der Waals surface area contributed by atoms with Crippen molar-refractivity contribution in [1.29, 1.82) is 0 Å². The molecule has 0 radical (unpaired) electrons. The van der Waals surface area contributed by atoms with Crippen LogP contribution in [0.25, 0.3) is 0 Å². The quantitative estimate of drug-likeness (QED) is 0.712. The molecule has 0 spiro atoms. The van der Waals surface area contributed by atoms with E-state index in [4.69, 9.17) is 39.1 Å². The van der Waals surface area contributed by atoms with Gasteiger partial charge < -0.3 is 14.8 Å². The van der Waals surface area contributed by atoms with Crippen LogP contribution in [-0.4, -0.2) is 13.2 Å². The van der Waals surface area contributed by atoms with Crippen LogP contribution in [-0.2, 0) is 6.54 Å². The number of hydrogen-bond acceptors (Lipinski definition) is 3. The summed E-state index contributed by atoms with van der Waals surface area (Å²) in [5, 5.41) is 4.18. The zero-order chi connectivity index (χ0) is 16.7. The summed E-state index contributed by atoms with van der Waals surface area (Å²) in [6, 6.07) is 11.4. The first-order valence-corrected chi connectivity index (χ1v) is 7.90. The van der Waals surface area contributed by atoms with E-state index in [-0.39, 0.29) is 6.61 Å². The van der Waals surface area contributed by atoms with E-state index >= 15 is 0 Å². The van der Waals surface area contributed by atoms with Crippen LogP contribution in [0.3, 0.4) is 0 Å². The van der Waals surface area contributed by atoms with Gasteiger partial charge in [0.25, 0.3) is 0 Å². The molecule has 0 fully saturated rings. The van der Waals surface area contributed by atoms with Gasteiger partial charge in [-0.15, -0.1) is 6.42 Å². The maximum atomic E-state index is 6.19. The van der Waals surface area contributed by atoms with E-state index in [1.807, 2.05) is 31.2 Å². The maximum absolute atomic E-state index is 6.19. The molecule has 2 aromatic rings. The second-order valence-corrected chi connectivity index (χ2v) is 5.51. The number of hydrogen-bond donors (Lipinski definition) is 1. The van der Waals surface area contributed by atoms with Crippen LogP contribution in [0.15, 0.2) is 36.4 Å². The molecule has 0 aliphatic carbocycles. The van der Waals surface area contributed by atoms with Crippen LogP contribution in [0, 0.1) is 12.3 Å². The summed E-state index contributed by atoms with van der Waals surface area (Å²) in [5.41, 5.74) is 1.93. The molecule has 5 heteroatoms. The lowest BCUT2D eigenvalue weighted by atomic mass is 10.2. The largest absolute Gasteiger partial charge is 0.494 e. The zero-order valence-electron chi connectivity index (χ0n) is 12.7. The number of nitrogens with one attached hydrogen (secondary N) is 1. The highest BCUT2D eigenvalue weighted by Gasteiger charge is 2.09. The van der Waals surface area contributed by atoms with Crippen LogP contribution in [0.1, 0.15) is 12.5 Å². The first kappa shape index (κ1) is 17.3. The summed E-state index contributed by atoms with van der Waals surface area (Å²) in [6.07, 6.45) is 5.17. The lowest BCUT2D eigenvalue weighted by Gasteiger charge is -2.12. The van der Waals surface area contributed by atoms with Crippen LogP contribution < -0.4 is 14.8 Å². The molecule has 2 rings (SSSR count). The molecule has 2 aromatic carbocycles. The van der Waals surface area contributed by atoms with E-state index in [0.29, 0.717) is 28.9 Å². The minimum Gasteiger partial charge on any atom is -0.494 e. The average molecular weight is 350 g/mol. The summed E-state index contributed by atoms with van der Waals surface area (Å²) in [5.74, 6) is 3.64. The summed E-state index contributed by atoms with van der Waals surface area (Å²) in [7, 11) is 0. The van der Waals surface area contributed by atoms with E-state index < -0.39 is 0 Å². The summed E-state index contributed by atoms with van der Waals surface area (Å²) >= 11 is 12.4. The van der Waals surface area contributed by atoms with Gasteiger partial charge in [0.2, 0.25) is 0 Å². The molecule has 0 amide bonds. The molecule has 0 saturated heterocycles. The van der Waals surface area contributed by atoms with E-state index in [9.17, 15) is 0 Å². The van der Waals surface area contributed by atoms with Crippen molar-refractivity contribution in [2.75, 3.05) is 18.5 Å². The van der Waals surface area contributed by atoms with Crippen molar-refractivity contribution >= 4 is 28.9 Å². The zero-order valence-corrected chi connectivity index (χ0v) is 14.2. The average Bonchev–Trinajstić information content (AvgIpc) is 2.54. The molecule has 120 valence electrons. The smallest absolute Gasteiger partial charge is 0.157 e. The number of terminal acetylenes is 1. The van der Waals surface area contributed by atoms with Gasteiger partial charge in [0.05, 0.1) is 16.7 Å². The van der Waals surface area contributed by atoms with Crippen molar-refractivity contribution in [1.82, 2.24) is 0 Å². The van der Waals surface area contributed by atoms with Crippen LogP contribution in [0.5, 0.6) is 11.5 Å². The minimum absolute atomic E-state index is 0.128. The highest BCUT2D eigenvalue weighted by molar-refractivity contribution is 6.37. The van der Waals surface area contributed by atoms with Gasteiger partial charge in [-0.1, -0.05) is 29.1 Å². The monoisotopic (exact) mass is 349 g/mol. The number of anilines is 1. The Morgan fingerprint density at radius 3 is 2.30 bits per heavy atom. The van der Waals surface area contributed by atoms with Gasteiger partial charge in [-0.2, -0.15) is 0 Å². The second-order valence-electron chi connectivity index (χ2n) is 4.69. The molecule has 23 heavy (non-hydrogen) atoms. The molecular formula is C18H17Cl2NO2. The van der Waals surface area contributed by atoms with E-state index in [1.165, 1.54) is 0 Å². The van der Waals surface area contributed by atoms with Crippen molar-refractivity contribution in [3.63, 3.8) is 0 Å². The summed E-state index contributed by atoms with van der Waals surface area (Å²) in [4.78, 5) is 0. The Kier molecular flexibility index (Phi) is 6.46. The van der Waals surface area contributed by atoms with Gasteiger partial charge in [-0.25, -0.2) is 0 Å². The van der Waals surface area contributed by atoms with Gasteiger partial charge in [0.15, 0.2) is 5.75 Å². The van der Waals surface area contributed by atoms with Crippen LogP contribution >= 0.6 is 23.2 Å². The number of ether oxygens (including phenoxy) is 2. The Balaban J connectivity index is 2.01. The summed E-state index contributed by atoms with van der Waals surface area (Å²) < 4.78 is 10.7. The Morgan fingerprint density at radius 1 is 1.09 bits per heavy atom. The fourth-order valence-electron chi connectivity index (χ4n) is 2.01. The Labute approximate surface area is 146 Å². The molecule has 0 saturated carbocycles. The van der Waals surface area contributed by atoms with Crippen molar-refractivity contribution in [3.8, 4) is 23.8 Å². The minimum atomic E-state index is 0.128. The Hall–Kier alpha value is -2.02. The third-order valence-electron chi connectivity index (χ3n) is 3.02. The molecule has 1 N–H and O–H groups in total. The molecule has 0 aromatic heterocycles. The molecule has 0 bridgehead atoms. The predicted molar refractivity (Wildman–Crippen MR) is 95.7 cm³/mol. The van der Waals surface area contributed by atoms with Crippen LogP contribution in [0.4, 0.5) is 5.69 Å². The second kappa shape index (κ2) is 8.57. The molecule has 0 atom stereocenters. The van der Waals surface area contributed by atoms with E-state index in [0.717, 1.165) is 17.0 Å².